The second kappa shape index (κ2) is 22.0. The van der Waals surface area contributed by atoms with E-state index in [0.717, 1.165) is 0 Å². The van der Waals surface area contributed by atoms with Gasteiger partial charge in [-0.3, -0.25) is 0 Å². The molecule has 5 rings (SSSR count). The molecule has 5 aromatic carbocycles. The van der Waals surface area contributed by atoms with Crippen molar-refractivity contribution in [3.8, 4) is 0 Å². The van der Waals surface area contributed by atoms with Crippen molar-refractivity contribution in [3.05, 3.63) is 165 Å². The molecule has 0 fully saturated rings. The van der Waals surface area contributed by atoms with E-state index in [-0.39, 0.29) is 21.1 Å². The van der Waals surface area contributed by atoms with E-state index in [1.807, 2.05) is 0 Å². The Morgan fingerprint density at radius 1 is 0.550 bits per heavy atom. The summed E-state index contributed by atoms with van der Waals surface area (Å²) in [5, 5.41) is 6.06. The largest absolute Gasteiger partial charge is 0.999 e. The first-order valence-corrected chi connectivity index (χ1v) is 15.4. The van der Waals surface area contributed by atoms with Crippen LogP contribution in [-0.2, 0) is 25.7 Å². The second-order valence-corrected chi connectivity index (χ2v) is 13.0. The Labute approximate surface area is 252 Å². The summed E-state index contributed by atoms with van der Waals surface area (Å²) >= 11 is 0. The molecule has 0 aliphatic rings. The van der Waals surface area contributed by atoms with Crippen LogP contribution in [0.2, 0.25) is 0 Å². The van der Waals surface area contributed by atoms with E-state index >= 15 is 0 Å². The summed E-state index contributed by atoms with van der Waals surface area (Å²) in [6.45, 7) is 1.42. The summed E-state index contributed by atoms with van der Waals surface area (Å²) in [7, 11) is -1.57. The van der Waals surface area contributed by atoms with Crippen molar-refractivity contribution in [2.24, 2.45) is 0 Å². The van der Waals surface area contributed by atoms with Crippen LogP contribution in [0.5, 0.6) is 0 Å². The van der Waals surface area contributed by atoms with Crippen LogP contribution < -0.4 is 21.2 Å². The number of halogens is 3. The molecule has 0 unspecified atom stereocenters. The number of hydrogen-bond acceptors (Lipinski definition) is 0. The first-order chi connectivity index (χ1) is 19.1. The molecule has 0 amide bonds. The van der Waals surface area contributed by atoms with Gasteiger partial charge in [0.05, 0.1) is 37.1 Å². The van der Waals surface area contributed by atoms with Crippen molar-refractivity contribution in [2.45, 2.75) is 0 Å². The van der Waals surface area contributed by atoms with Crippen molar-refractivity contribution < 1.29 is 38.9 Å². The fraction of sp³-hybridized carbons (Fsp3) is 0.0606. The van der Waals surface area contributed by atoms with Crippen LogP contribution >= 0.6 is 15.8 Å². The Hall–Kier alpha value is -2.69. The van der Waals surface area contributed by atoms with Crippen molar-refractivity contribution >= 4 is 37.1 Å². The average Bonchev–Trinajstić information content (AvgIpc) is 3.59. The molecule has 0 heterocycles. The van der Waals surface area contributed by atoms with Gasteiger partial charge in [0, 0.05) is 21.1 Å². The maximum Gasteiger partial charge on any atom is 0.101 e. The summed E-state index contributed by atoms with van der Waals surface area (Å²) < 4.78 is 36.2. The molecule has 0 radical (unpaired) electrons. The van der Waals surface area contributed by atoms with Gasteiger partial charge < -0.3 is 43.5 Å². The zero-order valence-electron chi connectivity index (χ0n) is 21.5. The molecule has 0 saturated heterocycles. The van der Waals surface area contributed by atoms with Crippen molar-refractivity contribution in [2.75, 3.05) is 12.3 Å². The first kappa shape index (κ1) is 35.3. The monoisotopic (exact) mass is 656 g/mol. The molecule has 7 heteroatoms. The molecule has 206 valence electrons. The SMILES string of the molecule is F[C-](F)F.[C-]#[O+].[Mo].[c-]1[c-][c-][cH-][c-]1.c1ccc([PH+](CC[PH+](c2ccccc2)c2ccccc2)c2ccccc2)cc1. The summed E-state index contributed by atoms with van der Waals surface area (Å²) in [6.07, 6.45) is 2.52. The molecule has 0 aromatic heterocycles. The van der Waals surface area contributed by atoms with Crippen LogP contribution in [0.1, 0.15) is 0 Å². The molecule has 40 heavy (non-hydrogen) atoms. The number of benzene rings is 4. The Morgan fingerprint density at radius 2 is 0.775 bits per heavy atom. The molecule has 0 bridgehead atoms. The van der Waals surface area contributed by atoms with E-state index < -0.39 is 22.5 Å². The molecular weight excluding hydrogens is 627 g/mol. The molecular formula is C33H27F3MoOP2-4. The molecule has 5 aromatic rings. The van der Waals surface area contributed by atoms with E-state index in [9.17, 15) is 13.2 Å². The Morgan fingerprint density at radius 3 is 0.950 bits per heavy atom. The third-order valence-corrected chi connectivity index (χ3v) is 11.6. The van der Waals surface area contributed by atoms with Crippen molar-refractivity contribution in [1.82, 2.24) is 0 Å². The van der Waals surface area contributed by atoms with Gasteiger partial charge in [0.1, 0.15) is 12.3 Å². The predicted molar refractivity (Wildman–Crippen MR) is 159 cm³/mol. The Kier molecular flexibility index (Phi) is 19.5. The Balaban J connectivity index is 0.000000567. The van der Waals surface area contributed by atoms with Gasteiger partial charge in [-0.15, -0.1) is 0 Å². The van der Waals surface area contributed by atoms with Gasteiger partial charge in [0.25, 0.3) is 0 Å². The van der Waals surface area contributed by atoms with Gasteiger partial charge >= 0.3 is 11.3 Å². The van der Waals surface area contributed by atoms with Crippen LogP contribution in [0.4, 0.5) is 13.2 Å². The van der Waals surface area contributed by atoms with Gasteiger partial charge in [-0.2, -0.15) is 0 Å². The standard InChI is InChI=1S/C26H24P2.C5H.CF3.CO.Mo/c1-5-13-23(14-6-1)27(24-15-7-2-8-16-24)21-22-28(25-17-9-3-10-18-25)26-19-11-4-12-20-26;1-2-4-5-3-1;2-1(3)4;1-2;/h1-20H,21-22H2;1H;;;/q;-5;-1;;/p+2. The van der Waals surface area contributed by atoms with E-state index in [2.05, 4.69) is 152 Å². The third kappa shape index (κ3) is 13.6. The van der Waals surface area contributed by atoms with E-state index in [1.54, 1.807) is 6.07 Å². The smallest absolute Gasteiger partial charge is 0.101 e. The van der Waals surface area contributed by atoms with Crippen LogP contribution in [0.25, 0.3) is 0 Å². The fourth-order valence-electron chi connectivity index (χ4n) is 3.90. The summed E-state index contributed by atoms with van der Waals surface area (Å²) in [4.78, 5) is 0. The zero-order valence-corrected chi connectivity index (χ0v) is 25.5. The molecule has 0 aliphatic carbocycles. The van der Waals surface area contributed by atoms with Crippen molar-refractivity contribution in [1.29, 1.82) is 0 Å². The molecule has 0 saturated carbocycles. The first-order valence-electron chi connectivity index (χ1n) is 11.9. The van der Waals surface area contributed by atoms with E-state index in [0.29, 0.717) is 0 Å². The summed E-state index contributed by atoms with van der Waals surface area (Å²) in [6, 6.07) is 56.5. The number of hydrogen-bond donors (Lipinski definition) is 0. The normalized spacial score (nSPS) is 9.70. The predicted octanol–water partition coefficient (Wildman–Crippen LogP) is 6.62. The maximum atomic E-state index is 9.58. The van der Waals surface area contributed by atoms with Crippen LogP contribution in [0.3, 0.4) is 0 Å². The third-order valence-electron chi connectivity index (χ3n) is 5.47. The van der Waals surface area contributed by atoms with Gasteiger partial charge in [-0.25, -0.2) is 0 Å². The minimum atomic E-state index is -3.08. The van der Waals surface area contributed by atoms with E-state index in [4.69, 9.17) is 4.65 Å². The minimum absolute atomic E-state index is 0. The van der Waals surface area contributed by atoms with Crippen LogP contribution in [0.15, 0.2) is 127 Å². The second-order valence-electron chi connectivity index (χ2n) is 7.82. The van der Waals surface area contributed by atoms with E-state index in [1.165, 1.54) is 33.5 Å². The quantitative estimate of drug-likeness (QED) is 0.0814. The van der Waals surface area contributed by atoms with Crippen LogP contribution in [-0.4, -0.2) is 12.3 Å². The summed E-state index contributed by atoms with van der Waals surface area (Å²) in [5.74, 6) is 0. The molecule has 0 atom stereocenters. The van der Waals surface area contributed by atoms with Crippen molar-refractivity contribution in [3.63, 3.8) is 0 Å². The Bertz CT molecular complexity index is 1080. The molecule has 1 nitrogen and oxygen atoms in total. The molecule has 0 aliphatic heterocycles. The zero-order chi connectivity index (χ0) is 28.1. The summed E-state index contributed by atoms with van der Waals surface area (Å²) in [5.41, 5.74) is 0. The van der Waals surface area contributed by atoms with Gasteiger partial charge in [0.15, 0.2) is 6.68 Å². The molecule has 0 N–H and O–H groups in total. The van der Waals surface area contributed by atoms with Gasteiger partial charge in [-0.05, 0) is 48.5 Å². The minimum Gasteiger partial charge on any atom is -0.999 e. The van der Waals surface area contributed by atoms with Gasteiger partial charge in [0.2, 0.25) is 0 Å². The van der Waals surface area contributed by atoms with Gasteiger partial charge in [-0.1, -0.05) is 72.8 Å². The molecule has 0 spiro atoms. The topological polar surface area (TPSA) is 19.9 Å². The number of rotatable bonds is 7. The average molecular weight is 654 g/mol. The maximum absolute atomic E-state index is 9.58. The fourth-order valence-corrected chi connectivity index (χ4v) is 10.1. The van der Waals surface area contributed by atoms with Crippen LogP contribution in [0, 0.1) is 37.6 Å².